The van der Waals surface area contributed by atoms with Gasteiger partial charge in [0.25, 0.3) is 0 Å². The van der Waals surface area contributed by atoms with Crippen molar-refractivity contribution in [3.8, 4) is 11.5 Å². The van der Waals surface area contributed by atoms with Crippen molar-refractivity contribution in [3.05, 3.63) is 23.3 Å². The Kier molecular flexibility index (Phi) is 3.92. The minimum absolute atomic E-state index is 0.577. The SMILES string of the molecule is COc1cc2c(cc1OC)C(C1CCNCC1)=NCC2. The molecule has 1 saturated heterocycles. The molecule has 3 rings (SSSR count). The summed E-state index contributed by atoms with van der Waals surface area (Å²) in [5.74, 6) is 2.20. The van der Waals surface area contributed by atoms with Gasteiger partial charge in [0.15, 0.2) is 11.5 Å². The lowest BCUT2D eigenvalue weighted by molar-refractivity contribution is 0.354. The molecule has 1 aromatic carbocycles. The molecule has 2 aliphatic heterocycles. The predicted octanol–water partition coefficient (Wildman–Crippen LogP) is 2.05. The van der Waals surface area contributed by atoms with E-state index in [4.69, 9.17) is 14.5 Å². The van der Waals surface area contributed by atoms with Crippen LogP contribution in [0.5, 0.6) is 11.5 Å². The predicted molar refractivity (Wildman–Crippen MR) is 80.2 cm³/mol. The molecular weight excluding hydrogens is 252 g/mol. The van der Waals surface area contributed by atoms with Crippen molar-refractivity contribution in [2.75, 3.05) is 33.9 Å². The fraction of sp³-hybridized carbons (Fsp3) is 0.562. The van der Waals surface area contributed by atoms with Gasteiger partial charge in [-0.15, -0.1) is 0 Å². The van der Waals surface area contributed by atoms with Gasteiger partial charge in [-0.1, -0.05) is 0 Å². The maximum Gasteiger partial charge on any atom is 0.161 e. The number of piperidine rings is 1. The van der Waals surface area contributed by atoms with E-state index in [0.717, 1.165) is 37.6 Å². The molecule has 0 saturated carbocycles. The van der Waals surface area contributed by atoms with E-state index in [1.54, 1.807) is 14.2 Å². The lowest BCUT2D eigenvalue weighted by atomic mass is 9.84. The van der Waals surface area contributed by atoms with Crippen molar-refractivity contribution in [2.45, 2.75) is 19.3 Å². The van der Waals surface area contributed by atoms with Crippen LogP contribution >= 0.6 is 0 Å². The molecule has 0 radical (unpaired) electrons. The van der Waals surface area contributed by atoms with Crippen molar-refractivity contribution in [1.82, 2.24) is 5.32 Å². The highest BCUT2D eigenvalue weighted by Gasteiger charge is 2.25. The summed E-state index contributed by atoms with van der Waals surface area (Å²) in [6.07, 6.45) is 3.34. The summed E-state index contributed by atoms with van der Waals surface area (Å²) >= 11 is 0. The number of hydrogen-bond acceptors (Lipinski definition) is 4. The average Bonchev–Trinajstić information content (AvgIpc) is 2.53. The number of hydrogen-bond donors (Lipinski definition) is 1. The van der Waals surface area contributed by atoms with Crippen LogP contribution in [0.1, 0.15) is 24.0 Å². The van der Waals surface area contributed by atoms with Gasteiger partial charge in [0.2, 0.25) is 0 Å². The van der Waals surface area contributed by atoms with E-state index in [1.807, 2.05) is 0 Å². The molecule has 0 atom stereocenters. The second kappa shape index (κ2) is 5.83. The third-order valence-electron chi connectivity index (χ3n) is 4.27. The summed E-state index contributed by atoms with van der Waals surface area (Å²) in [7, 11) is 3.38. The summed E-state index contributed by atoms with van der Waals surface area (Å²) in [4.78, 5) is 4.82. The molecule has 1 aromatic rings. The number of ether oxygens (including phenoxy) is 2. The molecule has 4 heteroatoms. The molecule has 2 heterocycles. The number of nitrogens with zero attached hydrogens (tertiary/aromatic N) is 1. The topological polar surface area (TPSA) is 42.9 Å². The highest BCUT2D eigenvalue weighted by molar-refractivity contribution is 6.04. The van der Waals surface area contributed by atoms with Crippen LogP contribution in [0.25, 0.3) is 0 Å². The van der Waals surface area contributed by atoms with Crippen molar-refractivity contribution >= 4 is 5.71 Å². The Balaban J connectivity index is 1.98. The van der Waals surface area contributed by atoms with Gasteiger partial charge in [0.05, 0.1) is 14.2 Å². The zero-order chi connectivity index (χ0) is 13.9. The van der Waals surface area contributed by atoms with Crippen LogP contribution in [0, 0.1) is 5.92 Å². The molecule has 2 aliphatic rings. The van der Waals surface area contributed by atoms with E-state index in [-0.39, 0.29) is 0 Å². The van der Waals surface area contributed by atoms with E-state index in [9.17, 15) is 0 Å². The highest BCUT2D eigenvalue weighted by atomic mass is 16.5. The minimum Gasteiger partial charge on any atom is -0.493 e. The van der Waals surface area contributed by atoms with E-state index in [0.29, 0.717) is 5.92 Å². The zero-order valence-corrected chi connectivity index (χ0v) is 12.2. The lowest BCUT2D eigenvalue weighted by Crippen LogP contribution is -2.33. The van der Waals surface area contributed by atoms with Gasteiger partial charge >= 0.3 is 0 Å². The second-order valence-corrected chi connectivity index (χ2v) is 5.41. The maximum absolute atomic E-state index is 5.45. The number of methoxy groups -OCH3 is 2. The molecule has 0 spiro atoms. The van der Waals surface area contributed by atoms with Crippen LogP contribution in [-0.4, -0.2) is 39.6 Å². The zero-order valence-electron chi connectivity index (χ0n) is 12.2. The third kappa shape index (κ3) is 2.40. The quantitative estimate of drug-likeness (QED) is 0.917. The van der Waals surface area contributed by atoms with Crippen LogP contribution in [0.3, 0.4) is 0 Å². The van der Waals surface area contributed by atoms with Crippen LogP contribution < -0.4 is 14.8 Å². The first-order valence-electron chi connectivity index (χ1n) is 7.34. The molecule has 4 nitrogen and oxygen atoms in total. The highest BCUT2D eigenvalue weighted by Crippen LogP contribution is 2.34. The number of rotatable bonds is 3. The monoisotopic (exact) mass is 274 g/mol. The fourth-order valence-electron chi connectivity index (χ4n) is 3.19. The minimum atomic E-state index is 0.577. The van der Waals surface area contributed by atoms with Gasteiger partial charge in [-0.05, 0) is 50.0 Å². The number of benzene rings is 1. The van der Waals surface area contributed by atoms with Gasteiger partial charge in [-0.25, -0.2) is 0 Å². The first kappa shape index (κ1) is 13.4. The van der Waals surface area contributed by atoms with E-state index in [1.165, 1.54) is 29.7 Å². The molecule has 0 aliphatic carbocycles. The van der Waals surface area contributed by atoms with Gasteiger partial charge < -0.3 is 14.8 Å². The summed E-state index contributed by atoms with van der Waals surface area (Å²) in [5, 5.41) is 3.42. The molecule has 0 amide bonds. The molecule has 0 aromatic heterocycles. The summed E-state index contributed by atoms with van der Waals surface area (Å²) in [6.45, 7) is 3.07. The van der Waals surface area contributed by atoms with E-state index < -0.39 is 0 Å². The van der Waals surface area contributed by atoms with Gasteiger partial charge in [-0.2, -0.15) is 0 Å². The Morgan fingerprint density at radius 1 is 1.10 bits per heavy atom. The smallest absolute Gasteiger partial charge is 0.161 e. The Bertz CT molecular complexity index is 519. The van der Waals surface area contributed by atoms with E-state index in [2.05, 4.69) is 17.4 Å². The Morgan fingerprint density at radius 3 is 2.50 bits per heavy atom. The Labute approximate surface area is 120 Å². The van der Waals surface area contributed by atoms with E-state index >= 15 is 0 Å². The first-order valence-corrected chi connectivity index (χ1v) is 7.34. The molecule has 20 heavy (non-hydrogen) atoms. The lowest BCUT2D eigenvalue weighted by Gasteiger charge is -2.28. The van der Waals surface area contributed by atoms with Crippen LogP contribution in [0.4, 0.5) is 0 Å². The average molecular weight is 274 g/mol. The summed E-state index contributed by atoms with van der Waals surface area (Å²) < 4.78 is 10.9. The van der Waals surface area contributed by atoms with Gasteiger partial charge in [0.1, 0.15) is 0 Å². The first-order chi connectivity index (χ1) is 9.83. The molecule has 0 unspecified atom stereocenters. The molecular formula is C16H22N2O2. The van der Waals surface area contributed by atoms with Crippen LogP contribution in [0.2, 0.25) is 0 Å². The number of aliphatic imine (C=N–C) groups is 1. The molecule has 1 fully saturated rings. The normalized spacial score (nSPS) is 19.2. The fourth-order valence-corrected chi connectivity index (χ4v) is 3.19. The summed E-state index contributed by atoms with van der Waals surface area (Å²) in [5.41, 5.74) is 3.88. The van der Waals surface area contributed by atoms with Gasteiger partial charge in [-0.3, -0.25) is 4.99 Å². The van der Waals surface area contributed by atoms with Crippen molar-refractivity contribution < 1.29 is 9.47 Å². The maximum atomic E-state index is 5.45. The third-order valence-corrected chi connectivity index (χ3v) is 4.27. The Hall–Kier alpha value is -1.55. The molecule has 108 valence electrons. The second-order valence-electron chi connectivity index (χ2n) is 5.41. The van der Waals surface area contributed by atoms with Crippen molar-refractivity contribution in [3.63, 3.8) is 0 Å². The standard InChI is InChI=1S/C16H22N2O2/c1-19-14-9-12-5-8-18-16(11-3-6-17-7-4-11)13(12)10-15(14)20-2/h9-11,17H,3-8H2,1-2H3. The number of fused-ring (bicyclic) bond motifs is 1. The van der Waals surface area contributed by atoms with Crippen LogP contribution in [0.15, 0.2) is 17.1 Å². The molecule has 1 N–H and O–H groups in total. The van der Waals surface area contributed by atoms with Crippen molar-refractivity contribution in [2.24, 2.45) is 10.9 Å². The van der Waals surface area contributed by atoms with Crippen molar-refractivity contribution in [1.29, 1.82) is 0 Å². The largest absolute Gasteiger partial charge is 0.493 e. The molecule has 0 bridgehead atoms. The summed E-state index contributed by atoms with van der Waals surface area (Å²) in [6, 6.07) is 4.22. The van der Waals surface area contributed by atoms with Gasteiger partial charge in [0, 0.05) is 23.7 Å². The number of nitrogens with one attached hydrogen (secondary N) is 1. The van der Waals surface area contributed by atoms with Crippen LogP contribution in [-0.2, 0) is 6.42 Å². The Morgan fingerprint density at radius 2 is 1.80 bits per heavy atom.